The zero-order valence-electron chi connectivity index (χ0n) is 15.6. The fraction of sp³-hybridized carbons (Fsp3) is 0.238. The van der Waals surface area contributed by atoms with Crippen molar-refractivity contribution < 1.29 is 4.79 Å². The molecule has 0 aliphatic carbocycles. The summed E-state index contributed by atoms with van der Waals surface area (Å²) in [5.41, 5.74) is 2.96. The molecule has 7 heteroatoms. The van der Waals surface area contributed by atoms with Crippen molar-refractivity contribution in [3.63, 3.8) is 0 Å². The summed E-state index contributed by atoms with van der Waals surface area (Å²) >= 11 is 12.6. The van der Waals surface area contributed by atoms with Gasteiger partial charge in [-0.2, -0.15) is 5.10 Å². The average Bonchev–Trinajstić information content (AvgIpc) is 2.97. The van der Waals surface area contributed by atoms with E-state index in [1.54, 1.807) is 11.6 Å². The Hall–Kier alpha value is -2.50. The van der Waals surface area contributed by atoms with Crippen LogP contribution in [0.1, 0.15) is 28.0 Å². The molecular weight excluding hydrogens is 395 g/mol. The number of carbonyl (C=O) groups is 1. The normalized spacial score (nSPS) is 10.7. The Morgan fingerprint density at radius 2 is 1.75 bits per heavy atom. The third-order valence-electron chi connectivity index (χ3n) is 4.31. The highest BCUT2D eigenvalue weighted by Gasteiger charge is 2.20. The number of aryl methyl sites for hydroxylation is 1. The first kappa shape index (κ1) is 20.2. The van der Waals surface area contributed by atoms with Crippen LogP contribution in [0.25, 0.3) is 0 Å². The molecule has 5 nitrogen and oxygen atoms in total. The highest BCUT2D eigenvalue weighted by molar-refractivity contribution is 6.33. The van der Waals surface area contributed by atoms with Crippen molar-refractivity contribution in [2.75, 3.05) is 18.4 Å². The lowest BCUT2D eigenvalue weighted by atomic mass is 10.2. The number of anilines is 1. The van der Waals surface area contributed by atoms with Crippen LogP contribution < -0.4 is 10.6 Å². The predicted molar refractivity (Wildman–Crippen MR) is 114 cm³/mol. The van der Waals surface area contributed by atoms with Gasteiger partial charge in [0.15, 0.2) is 0 Å². The van der Waals surface area contributed by atoms with E-state index in [9.17, 15) is 4.79 Å². The molecule has 2 N–H and O–H groups in total. The molecular formula is C21H22Cl2N4O. The summed E-state index contributed by atoms with van der Waals surface area (Å²) < 4.78 is 1.60. The second kappa shape index (κ2) is 9.62. The number of para-hydroxylation sites is 1. The lowest BCUT2D eigenvalue weighted by Gasteiger charge is -2.08. The molecule has 0 aliphatic rings. The fourth-order valence-corrected chi connectivity index (χ4v) is 3.39. The van der Waals surface area contributed by atoms with E-state index in [-0.39, 0.29) is 5.91 Å². The monoisotopic (exact) mass is 416 g/mol. The predicted octanol–water partition coefficient (Wildman–Crippen LogP) is 4.78. The minimum Gasteiger partial charge on any atom is -0.385 e. The number of amides is 1. The van der Waals surface area contributed by atoms with Crippen molar-refractivity contribution >= 4 is 34.8 Å². The van der Waals surface area contributed by atoms with Crippen LogP contribution >= 0.6 is 23.2 Å². The Morgan fingerprint density at radius 1 is 1.04 bits per heavy atom. The molecule has 3 rings (SSSR count). The van der Waals surface area contributed by atoms with Crippen LogP contribution in [0.2, 0.25) is 10.2 Å². The van der Waals surface area contributed by atoms with Crippen molar-refractivity contribution in [3.05, 3.63) is 81.6 Å². The zero-order valence-corrected chi connectivity index (χ0v) is 17.1. The van der Waals surface area contributed by atoms with Gasteiger partial charge in [-0.1, -0.05) is 59.6 Å². The van der Waals surface area contributed by atoms with E-state index in [1.165, 1.54) is 0 Å². The second-order valence-electron chi connectivity index (χ2n) is 6.40. The molecule has 146 valence electrons. The molecule has 1 heterocycles. The number of halogens is 2. The van der Waals surface area contributed by atoms with Gasteiger partial charge in [0.05, 0.1) is 17.8 Å². The molecule has 3 aromatic rings. The van der Waals surface area contributed by atoms with Crippen LogP contribution in [0, 0.1) is 6.92 Å². The van der Waals surface area contributed by atoms with E-state index in [0.29, 0.717) is 34.5 Å². The molecule has 0 bridgehead atoms. The number of nitrogens with zero attached hydrogens (tertiary/aromatic N) is 2. The third-order valence-corrected chi connectivity index (χ3v) is 5.07. The Morgan fingerprint density at radius 3 is 2.50 bits per heavy atom. The van der Waals surface area contributed by atoms with Crippen LogP contribution in [0.5, 0.6) is 0 Å². The van der Waals surface area contributed by atoms with E-state index in [2.05, 4.69) is 15.7 Å². The molecule has 28 heavy (non-hydrogen) atoms. The van der Waals surface area contributed by atoms with Gasteiger partial charge in [0.2, 0.25) is 0 Å². The summed E-state index contributed by atoms with van der Waals surface area (Å²) in [5.74, 6) is -0.215. The summed E-state index contributed by atoms with van der Waals surface area (Å²) in [6.07, 6.45) is 0.797. The SMILES string of the molecule is Cc1nn(Cc2ccccc2Cl)c(Cl)c1C(=O)NCCCNc1ccccc1. The standard InChI is InChI=1S/C21H22Cl2N4O/c1-15-19(20(23)27(26-15)14-16-8-5-6-11-18(16)22)21(28)25-13-7-12-24-17-9-3-2-4-10-17/h2-6,8-11,24H,7,12-14H2,1H3,(H,25,28). The van der Waals surface area contributed by atoms with E-state index >= 15 is 0 Å². The molecule has 0 unspecified atom stereocenters. The third kappa shape index (κ3) is 5.06. The van der Waals surface area contributed by atoms with Crippen molar-refractivity contribution in [1.29, 1.82) is 0 Å². The molecule has 0 aliphatic heterocycles. The van der Waals surface area contributed by atoms with Crippen molar-refractivity contribution in [2.24, 2.45) is 0 Å². The number of carbonyl (C=O) groups excluding carboxylic acids is 1. The summed E-state index contributed by atoms with van der Waals surface area (Å²) in [4.78, 5) is 12.6. The number of hydrogen-bond acceptors (Lipinski definition) is 3. The number of hydrogen-bond donors (Lipinski definition) is 2. The second-order valence-corrected chi connectivity index (χ2v) is 7.17. The van der Waals surface area contributed by atoms with Crippen LogP contribution in [-0.4, -0.2) is 28.8 Å². The van der Waals surface area contributed by atoms with E-state index in [0.717, 1.165) is 24.2 Å². The largest absolute Gasteiger partial charge is 0.385 e. The van der Waals surface area contributed by atoms with E-state index in [1.807, 2.05) is 54.6 Å². The van der Waals surface area contributed by atoms with Gasteiger partial charge < -0.3 is 10.6 Å². The number of rotatable bonds is 8. The quantitative estimate of drug-likeness (QED) is 0.519. The highest BCUT2D eigenvalue weighted by atomic mass is 35.5. The summed E-state index contributed by atoms with van der Waals surface area (Å²) in [6, 6.07) is 17.5. The van der Waals surface area contributed by atoms with Gasteiger partial charge in [-0.25, -0.2) is 4.68 Å². The van der Waals surface area contributed by atoms with Gasteiger partial charge >= 0.3 is 0 Å². The summed E-state index contributed by atoms with van der Waals surface area (Å²) in [7, 11) is 0. The number of aromatic nitrogens is 2. The first-order valence-electron chi connectivity index (χ1n) is 9.09. The van der Waals surface area contributed by atoms with Crippen molar-refractivity contribution in [1.82, 2.24) is 15.1 Å². The maximum absolute atomic E-state index is 12.6. The van der Waals surface area contributed by atoms with Gasteiger partial charge in [0, 0.05) is 23.8 Å². The molecule has 1 aromatic heterocycles. The van der Waals surface area contributed by atoms with Crippen molar-refractivity contribution in [3.8, 4) is 0 Å². The summed E-state index contributed by atoms with van der Waals surface area (Å²) in [5, 5.41) is 11.6. The topological polar surface area (TPSA) is 59.0 Å². The van der Waals surface area contributed by atoms with Crippen LogP contribution in [0.4, 0.5) is 5.69 Å². The molecule has 0 atom stereocenters. The smallest absolute Gasteiger partial charge is 0.256 e. The van der Waals surface area contributed by atoms with Crippen LogP contribution in [0.3, 0.4) is 0 Å². The van der Waals surface area contributed by atoms with Gasteiger partial charge in [-0.3, -0.25) is 4.79 Å². The Labute approximate surface area is 174 Å². The van der Waals surface area contributed by atoms with Gasteiger partial charge in [-0.05, 0) is 37.1 Å². The van der Waals surface area contributed by atoms with Gasteiger partial charge in [0.25, 0.3) is 5.91 Å². The molecule has 0 saturated heterocycles. The van der Waals surface area contributed by atoms with Crippen LogP contribution in [-0.2, 0) is 6.54 Å². The maximum Gasteiger partial charge on any atom is 0.256 e. The molecule has 1 amide bonds. The highest BCUT2D eigenvalue weighted by Crippen LogP contribution is 2.23. The molecule has 2 aromatic carbocycles. The molecule has 0 saturated carbocycles. The number of benzene rings is 2. The van der Waals surface area contributed by atoms with Gasteiger partial charge in [0.1, 0.15) is 5.15 Å². The number of nitrogens with one attached hydrogen (secondary N) is 2. The molecule has 0 spiro atoms. The average molecular weight is 417 g/mol. The van der Waals surface area contributed by atoms with Crippen LogP contribution in [0.15, 0.2) is 54.6 Å². The summed E-state index contributed by atoms with van der Waals surface area (Å²) in [6.45, 7) is 3.50. The first-order valence-corrected chi connectivity index (χ1v) is 9.85. The van der Waals surface area contributed by atoms with E-state index in [4.69, 9.17) is 23.2 Å². The lowest BCUT2D eigenvalue weighted by Crippen LogP contribution is -2.26. The first-order chi connectivity index (χ1) is 13.6. The molecule has 0 radical (unpaired) electrons. The minimum absolute atomic E-state index is 0.215. The Balaban J connectivity index is 1.55. The Bertz CT molecular complexity index is 941. The minimum atomic E-state index is -0.215. The Kier molecular flexibility index (Phi) is 6.95. The van der Waals surface area contributed by atoms with Crippen molar-refractivity contribution in [2.45, 2.75) is 19.9 Å². The fourth-order valence-electron chi connectivity index (χ4n) is 2.87. The van der Waals surface area contributed by atoms with Gasteiger partial charge in [-0.15, -0.1) is 0 Å². The lowest BCUT2D eigenvalue weighted by molar-refractivity contribution is 0.0953. The van der Waals surface area contributed by atoms with E-state index < -0.39 is 0 Å². The maximum atomic E-state index is 12.6. The molecule has 0 fully saturated rings. The zero-order chi connectivity index (χ0) is 19.9.